The number of rotatable bonds is 7. The van der Waals surface area contributed by atoms with E-state index in [0.717, 1.165) is 36.2 Å². The Hall–Kier alpha value is -2.68. The topological polar surface area (TPSA) is 80.0 Å². The summed E-state index contributed by atoms with van der Waals surface area (Å²) in [6, 6.07) is 3.50. The van der Waals surface area contributed by atoms with Crippen molar-refractivity contribution in [2.45, 2.75) is 51.7 Å². The number of carbonyl (C=O) groups is 1. The van der Waals surface area contributed by atoms with E-state index in [4.69, 9.17) is 0 Å². The van der Waals surface area contributed by atoms with Gasteiger partial charge in [-0.3, -0.25) is 9.48 Å². The monoisotopic (exact) mass is 422 g/mol. The van der Waals surface area contributed by atoms with Crippen molar-refractivity contribution in [3.05, 3.63) is 52.7 Å². The number of halogens is 3. The Bertz CT molecular complexity index is 931. The van der Waals surface area contributed by atoms with Crippen molar-refractivity contribution in [3.63, 3.8) is 0 Å². The maximum atomic E-state index is 12.9. The van der Waals surface area contributed by atoms with Gasteiger partial charge in [-0.15, -0.1) is 0 Å². The Kier molecular flexibility index (Phi) is 6.60. The van der Waals surface area contributed by atoms with Gasteiger partial charge in [0.15, 0.2) is 0 Å². The fourth-order valence-electron chi connectivity index (χ4n) is 3.43. The van der Waals surface area contributed by atoms with Crippen LogP contribution in [0.25, 0.3) is 6.08 Å². The largest absolute Gasteiger partial charge is 0.433 e. The maximum Gasteiger partial charge on any atom is 0.433 e. The number of amides is 1. The fourth-order valence-corrected chi connectivity index (χ4v) is 3.43. The Morgan fingerprint density at radius 2 is 2.07 bits per heavy atom. The molecule has 1 saturated carbocycles. The van der Waals surface area contributed by atoms with Crippen LogP contribution < -0.4 is 5.32 Å². The third kappa shape index (κ3) is 4.89. The predicted molar refractivity (Wildman–Crippen MR) is 105 cm³/mol. The molecular weight excluding hydrogens is 397 g/mol. The van der Waals surface area contributed by atoms with Gasteiger partial charge in [-0.05, 0) is 49.8 Å². The fraction of sp³-hybridized carbons (Fsp3) is 0.476. The summed E-state index contributed by atoms with van der Waals surface area (Å²) in [6.45, 7) is 4.01. The SMILES string of the molecule is CC/C(=C\c1cn(C2CC(CO)C2)nc1CC)NC(=O)c1cccc(C(F)(F)F)n1. The highest BCUT2D eigenvalue weighted by atomic mass is 19.4. The van der Waals surface area contributed by atoms with Crippen molar-refractivity contribution in [1.29, 1.82) is 0 Å². The number of allylic oxidation sites excluding steroid dienone is 1. The highest BCUT2D eigenvalue weighted by Gasteiger charge is 2.33. The van der Waals surface area contributed by atoms with Gasteiger partial charge >= 0.3 is 6.18 Å². The van der Waals surface area contributed by atoms with Gasteiger partial charge < -0.3 is 10.4 Å². The lowest BCUT2D eigenvalue weighted by atomic mass is 9.81. The summed E-state index contributed by atoms with van der Waals surface area (Å²) < 4.78 is 40.5. The van der Waals surface area contributed by atoms with Crippen LogP contribution in [-0.4, -0.2) is 32.4 Å². The summed E-state index contributed by atoms with van der Waals surface area (Å²) in [7, 11) is 0. The first kappa shape index (κ1) is 22.0. The van der Waals surface area contributed by atoms with Crippen LogP contribution in [0.4, 0.5) is 13.2 Å². The van der Waals surface area contributed by atoms with E-state index >= 15 is 0 Å². The Morgan fingerprint density at radius 3 is 2.67 bits per heavy atom. The van der Waals surface area contributed by atoms with Crippen LogP contribution in [-0.2, 0) is 12.6 Å². The van der Waals surface area contributed by atoms with E-state index in [0.29, 0.717) is 24.5 Å². The van der Waals surface area contributed by atoms with Gasteiger partial charge in [0.25, 0.3) is 5.91 Å². The van der Waals surface area contributed by atoms with Gasteiger partial charge in [0, 0.05) is 24.1 Å². The molecule has 30 heavy (non-hydrogen) atoms. The normalized spacial score (nSPS) is 19.5. The summed E-state index contributed by atoms with van der Waals surface area (Å²) >= 11 is 0. The number of nitrogens with one attached hydrogen (secondary N) is 1. The number of carbonyl (C=O) groups excluding carboxylic acids is 1. The van der Waals surface area contributed by atoms with Crippen molar-refractivity contribution in [1.82, 2.24) is 20.1 Å². The zero-order valence-electron chi connectivity index (χ0n) is 16.9. The average Bonchev–Trinajstić information content (AvgIpc) is 3.08. The molecule has 9 heteroatoms. The first-order chi connectivity index (χ1) is 14.2. The quantitative estimate of drug-likeness (QED) is 0.707. The molecule has 0 saturated heterocycles. The molecule has 1 fully saturated rings. The van der Waals surface area contributed by atoms with Crippen LogP contribution in [0.15, 0.2) is 30.1 Å². The number of pyridine rings is 1. The second kappa shape index (κ2) is 8.99. The molecule has 6 nitrogen and oxygen atoms in total. The van der Waals surface area contributed by atoms with Crippen molar-refractivity contribution >= 4 is 12.0 Å². The standard InChI is InChI=1S/C21H25F3N4O2/c1-3-15(25-20(30)18-6-5-7-19(26-18)21(22,23)24)10-14-11-28(27-17(14)4-2)16-8-13(9-16)12-29/h5-7,10-11,13,16,29H,3-4,8-9,12H2,1-2H3,(H,25,30)/b15-10+. The molecule has 2 N–H and O–H groups in total. The molecular formula is C21H25F3N4O2. The number of aromatic nitrogens is 3. The minimum atomic E-state index is -4.61. The number of hydrogen-bond donors (Lipinski definition) is 2. The maximum absolute atomic E-state index is 12.9. The van der Waals surface area contributed by atoms with Crippen LogP contribution in [0.5, 0.6) is 0 Å². The van der Waals surface area contributed by atoms with Gasteiger partial charge in [0.1, 0.15) is 11.4 Å². The number of aryl methyl sites for hydroxylation is 1. The first-order valence-electron chi connectivity index (χ1n) is 10.00. The van der Waals surface area contributed by atoms with Crippen LogP contribution in [0.3, 0.4) is 0 Å². The molecule has 2 aromatic heterocycles. The average molecular weight is 422 g/mol. The molecule has 0 aromatic carbocycles. The summed E-state index contributed by atoms with van der Waals surface area (Å²) in [4.78, 5) is 15.9. The van der Waals surface area contributed by atoms with Crippen LogP contribution >= 0.6 is 0 Å². The number of nitrogens with zero attached hydrogens (tertiary/aromatic N) is 3. The lowest BCUT2D eigenvalue weighted by Gasteiger charge is -2.34. The van der Waals surface area contributed by atoms with Gasteiger partial charge in [-0.1, -0.05) is 19.9 Å². The molecule has 0 radical (unpaired) electrons. The third-order valence-electron chi connectivity index (χ3n) is 5.28. The smallest absolute Gasteiger partial charge is 0.396 e. The van der Waals surface area contributed by atoms with Crippen molar-refractivity contribution in [2.24, 2.45) is 5.92 Å². The molecule has 0 bridgehead atoms. The summed E-state index contributed by atoms with van der Waals surface area (Å²) in [5, 5.41) is 16.5. The lowest BCUT2D eigenvalue weighted by molar-refractivity contribution is -0.141. The molecule has 3 rings (SSSR count). The molecule has 162 valence electrons. The van der Waals surface area contributed by atoms with Gasteiger partial charge in [-0.25, -0.2) is 4.98 Å². The van der Waals surface area contributed by atoms with E-state index in [1.54, 1.807) is 6.08 Å². The molecule has 2 heterocycles. The predicted octanol–water partition coefficient (Wildman–Crippen LogP) is 3.98. The van der Waals surface area contributed by atoms with E-state index in [1.807, 2.05) is 24.7 Å². The first-order valence-corrected chi connectivity index (χ1v) is 10.00. The molecule has 1 aliphatic carbocycles. The minimum Gasteiger partial charge on any atom is -0.396 e. The van der Waals surface area contributed by atoms with Crippen LogP contribution in [0, 0.1) is 5.92 Å². The Balaban J connectivity index is 1.77. The summed E-state index contributed by atoms with van der Waals surface area (Å²) in [6.07, 6.45) is 2.05. The Morgan fingerprint density at radius 1 is 1.33 bits per heavy atom. The molecule has 0 atom stereocenters. The Labute approximate surface area is 172 Å². The second-order valence-electron chi connectivity index (χ2n) is 7.42. The lowest BCUT2D eigenvalue weighted by Crippen LogP contribution is -2.29. The molecule has 0 spiro atoms. The third-order valence-corrected chi connectivity index (χ3v) is 5.28. The van der Waals surface area contributed by atoms with Gasteiger partial charge in [0.05, 0.1) is 11.7 Å². The van der Waals surface area contributed by atoms with E-state index < -0.39 is 17.8 Å². The van der Waals surface area contributed by atoms with E-state index in [9.17, 15) is 23.1 Å². The molecule has 0 unspecified atom stereocenters. The molecule has 0 aliphatic heterocycles. The summed E-state index contributed by atoms with van der Waals surface area (Å²) in [5.74, 6) is -0.377. The van der Waals surface area contributed by atoms with E-state index in [1.165, 1.54) is 6.07 Å². The van der Waals surface area contributed by atoms with E-state index in [2.05, 4.69) is 15.4 Å². The number of hydrogen-bond acceptors (Lipinski definition) is 4. The van der Waals surface area contributed by atoms with Crippen molar-refractivity contribution < 1.29 is 23.1 Å². The number of aliphatic hydroxyl groups excluding tert-OH is 1. The highest BCUT2D eigenvalue weighted by Crippen LogP contribution is 2.37. The minimum absolute atomic E-state index is 0.181. The van der Waals surface area contributed by atoms with Crippen molar-refractivity contribution in [3.8, 4) is 0 Å². The highest BCUT2D eigenvalue weighted by molar-refractivity contribution is 5.94. The van der Waals surface area contributed by atoms with E-state index in [-0.39, 0.29) is 18.3 Å². The van der Waals surface area contributed by atoms with Crippen molar-refractivity contribution in [2.75, 3.05) is 6.61 Å². The zero-order chi connectivity index (χ0) is 21.9. The molecule has 1 amide bonds. The molecule has 1 aliphatic rings. The van der Waals surface area contributed by atoms with Crippen LogP contribution in [0.1, 0.15) is 66.6 Å². The summed E-state index contributed by atoms with van der Waals surface area (Å²) in [5.41, 5.74) is 0.905. The zero-order valence-corrected chi connectivity index (χ0v) is 16.9. The molecule has 2 aromatic rings. The number of alkyl halides is 3. The van der Waals surface area contributed by atoms with Gasteiger partial charge in [-0.2, -0.15) is 18.3 Å². The van der Waals surface area contributed by atoms with Gasteiger partial charge in [0.2, 0.25) is 0 Å². The van der Waals surface area contributed by atoms with Crippen LogP contribution in [0.2, 0.25) is 0 Å². The number of aliphatic hydroxyl groups is 1. The second-order valence-corrected chi connectivity index (χ2v) is 7.42.